The Bertz CT molecular complexity index is 997. The average molecular weight is 629 g/mol. The van der Waals surface area contributed by atoms with Crippen molar-refractivity contribution in [3.8, 4) is 0 Å². The molecule has 0 heterocycles. The number of rotatable bonds is 18. The van der Waals surface area contributed by atoms with Gasteiger partial charge in [0.2, 0.25) is 0 Å². The van der Waals surface area contributed by atoms with E-state index in [0.29, 0.717) is 0 Å². The molecule has 0 aromatic heterocycles. The van der Waals surface area contributed by atoms with Crippen LogP contribution in [0.3, 0.4) is 0 Å². The van der Waals surface area contributed by atoms with Gasteiger partial charge in [-0.3, -0.25) is 0 Å². The topological polar surface area (TPSA) is 55.4 Å². The standard InChI is InChI=1S/C31H48O6Si4/c1-32-39(33-2,28-16-10-7-11-17-28)25-22-31(38,23-26-40(34-3,35-4)29-18-12-8-13-19-29)24-27-41(36-5,37-6)30-20-14-9-15-21-30/h7-21H,22-27H2,1-6,38H3. The van der Waals surface area contributed by atoms with Crippen molar-refractivity contribution in [3.63, 3.8) is 0 Å². The average Bonchev–Trinajstić information content (AvgIpc) is 3.05. The Balaban J connectivity index is 1.94. The predicted molar refractivity (Wildman–Crippen MR) is 178 cm³/mol. The van der Waals surface area contributed by atoms with Gasteiger partial charge in [-0.2, -0.15) is 0 Å². The molecule has 0 aliphatic carbocycles. The zero-order valence-electron chi connectivity index (χ0n) is 25.9. The Hall–Kier alpha value is -1.71. The van der Waals surface area contributed by atoms with Gasteiger partial charge in [-0.1, -0.05) is 91.0 Å². The lowest BCUT2D eigenvalue weighted by Gasteiger charge is -2.39. The molecule has 0 unspecified atom stereocenters. The van der Waals surface area contributed by atoms with Gasteiger partial charge in [0.15, 0.2) is 0 Å². The van der Waals surface area contributed by atoms with Crippen LogP contribution in [0.2, 0.25) is 23.2 Å². The zero-order valence-corrected chi connectivity index (χ0v) is 30.9. The Morgan fingerprint density at radius 2 is 0.659 bits per heavy atom. The normalized spacial score (nSPS) is 13.0. The van der Waals surface area contributed by atoms with Gasteiger partial charge in [-0.05, 0) is 58.0 Å². The summed E-state index contributed by atoms with van der Waals surface area (Å²) in [6.07, 6.45) is 2.96. The minimum atomic E-state index is -2.62. The van der Waals surface area contributed by atoms with Crippen LogP contribution in [0.5, 0.6) is 0 Å². The van der Waals surface area contributed by atoms with Gasteiger partial charge in [0.05, 0.1) is 0 Å². The Labute approximate surface area is 253 Å². The van der Waals surface area contributed by atoms with Crippen molar-refractivity contribution >= 4 is 51.5 Å². The molecule has 0 aliphatic heterocycles. The number of benzene rings is 3. The molecule has 0 radical (unpaired) electrons. The van der Waals surface area contributed by atoms with E-state index in [9.17, 15) is 0 Å². The molecule has 0 fully saturated rings. The van der Waals surface area contributed by atoms with E-state index in [1.807, 2.05) is 18.2 Å². The third kappa shape index (κ3) is 8.02. The molecule has 0 amide bonds. The van der Waals surface area contributed by atoms with E-state index in [1.54, 1.807) is 42.7 Å². The van der Waals surface area contributed by atoms with Crippen LogP contribution in [0.1, 0.15) is 19.3 Å². The van der Waals surface area contributed by atoms with E-state index in [1.165, 1.54) is 0 Å². The van der Waals surface area contributed by atoms with Crippen molar-refractivity contribution in [1.82, 2.24) is 0 Å². The molecule has 41 heavy (non-hydrogen) atoms. The second-order valence-corrected chi connectivity index (χ2v) is 23.2. The summed E-state index contributed by atoms with van der Waals surface area (Å²) in [5.41, 5.74) is 0. The van der Waals surface area contributed by atoms with Crippen LogP contribution < -0.4 is 15.6 Å². The first-order valence-electron chi connectivity index (χ1n) is 14.3. The van der Waals surface area contributed by atoms with Crippen LogP contribution >= 0.6 is 0 Å². The fourth-order valence-electron chi connectivity index (χ4n) is 5.85. The van der Waals surface area contributed by atoms with Crippen LogP contribution in [-0.4, -0.2) is 78.6 Å². The van der Waals surface area contributed by atoms with Crippen molar-refractivity contribution in [3.05, 3.63) is 91.0 Å². The van der Waals surface area contributed by atoms with Crippen molar-refractivity contribution in [1.29, 1.82) is 0 Å². The summed E-state index contributed by atoms with van der Waals surface area (Å²) in [5, 5.41) is 3.56. The second kappa shape index (κ2) is 15.7. The maximum Gasteiger partial charge on any atom is 0.371 e. The summed E-state index contributed by atoms with van der Waals surface area (Å²) in [5.74, 6) is 0. The first-order valence-corrected chi connectivity index (χ1v) is 21.3. The van der Waals surface area contributed by atoms with Crippen molar-refractivity contribution < 1.29 is 26.6 Å². The van der Waals surface area contributed by atoms with E-state index in [-0.39, 0.29) is 5.04 Å². The van der Waals surface area contributed by atoms with Crippen LogP contribution in [0, 0.1) is 0 Å². The van der Waals surface area contributed by atoms with Crippen molar-refractivity contribution in [2.24, 2.45) is 0 Å². The van der Waals surface area contributed by atoms with Crippen LogP contribution in [-0.2, 0) is 26.6 Å². The largest absolute Gasteiger partial charge is 0.394 e. The van der Waals surface area contributed by atoms with E-state index in [4.69, 9.17) is 26.6 Å². The van der Waals surface area contributed by atoms with E-state index in [2.05, 4.69) is 72.8 Å². The molecular formula is C31H48O6Si4. The first-order chi connectivity index (χ1) is 19.8. The zero-order chi connectivity index (χ0) is 29.8. The lowest BCUT2D eigenvalue weighted by atomic mass is 9.98. The number of hydrogen-bond acceptors (Lipinski definition) is 6. The van der Waals surface area contributed by atoms with E-state index >= 15 is 0 Å². The maximum absolute atomic E-state index is 6.23. The molecule has 0 spiro atoms. The molecular weight excluding hydrogens is 581 g/mol. The Morgan fingerprint density at radius 1 is 0.439 bits per heavy atom. The molecule has 0 bridgehead atoms. The van der Waals surface area contributed by atoms with Gasteiger partial charge in [0.1, 0.15) is 0 Å². The van der Waals surface area contributed by atoms with Gasteiger partial charge in [-0.15, -0.1) is 0 Å². The maximum atomic E-state index is 6.23. The molecule has 10 heteroatoms. The van der Waals surface area contributed by atoms with Crippen LogP contribution in [0.25, 0.3) is 0 Å². The molecule has 6 nitrogen and oxygen atoms in total. The highest BCUT2D eigenvalue weighted by atomic mass is 28.4. The van der Waals surface area contributed by atoms with E-state index < -0.39 is 25.7 Å². The van der Waals surface area contributed by atoms with Gasteiger partial charge in [0, 0.05) is 52.9 Å². The lowest BCUT2D eigenvalue weighted by molar-refractivity contribution is 0.243. The van der Waals surface area contributed by atoms with Crippen molar-refractivity contribution in [2.75, 3.05) is 42.7 Å². The Morgan fingerprint density at radius 3 is 0.854 bits per heavy atom. The number of hydrogen-bond donors (Lipinski definition) is 0. The predicted octanol–water partition coefficient (Wildman–Crippen LogP) is 3.61. The molecule has 3 aromatic rings. The highest BCUT2D eigenvalue weighted by Crippen LogP contribution is 2.44. The minimum Gasteiger partial charge on any atom is -0.394 e. The van der Waals surface area contributed by atoms with Crippen LogP contribution in [0.4, 0.5) is 0 Å². The highest BCUT2D eigenvalue weighted by Gasteiger charge is 2.46. The van der Waals surface area contributed by atoms with Gasteiger partial charge in [0.25, 0.3) is 0 Å². The SMILES string of the molecule is CO[Si](CCC([SiH3])(CC[Si](OC)(OC)c1ccccc1)CC[Si](OC)(OC)c1ccccc1)(OC)c1ccccc1. The minimum absolute atomic E-state index is 0.0677. The summed E-state index contributed by atoms with van der Waals surface area (Å²) in [4.78, 5) is 0. The summed E-state index contributed by atoms with van der Waals surface area (Å²) in [7, 11) is 3.90. The fraction of sp³-hybridized carbons (Fsp3) is 0.419. The molecule has 3 rings (SSSR count). The fourth-order valence-corrected chi connectivity index (χ4v) is 17.0. The molecule has 0 N–H and O–H groups in total. The molecule has 0 saturated heterocycles. The van der Waals surface area contributed by atoms with Gasteiger partial charge < -0.3 is 26.6 Å². The third-order valence-electron chi connectivity index (χ3n) is 8.79. The summed E-state index contributed by atoms with van der Waals surface area (Å²) < 4.78 is 37.4. The molecule has 0 saturated carbocycles. The molecule has 224 valence electrons. The Kier molecular flexibility index (Phi) is 12.9. The van der Waals surface area contributed by atoms with Crippen LogP contribution in [0.15, 0.2) is 91.0 Å². The summed E-state index contributed by atoms with van der Waals surface area (Å²) in [6.45, 7) is 0. The smallest absolute Gasteiger partial charge is 0.371 e. The first kappa shape index (κ1) is 33.8. The quantitative estimate of drug-likeness (QED) is 0.201. The molecule has 0 atom stereocenters. The monoisotopic (exact) mass is 628 g/mol. The highest BCUT2D eigenvalue weighted by molar-refractivity contribution is 6.82. The summed E-state index contributed by atoms with van der Waals surface area (Å²) >= 11 is 0. The third-order valence-corrected chi connectivity index (χ3v) is 20.6. The molecule has 3 aromatic carbocycles. The lowest BCUT2D eigenvalue weighted by Crippen LogP contribution is -2.54. The van der Waals surface area contributed by atoms with Gasteiger partial charge in [-0.25, -0.2) is 0 Å². The van der Waals surface area contributed by atoms with Gasteiger partial charge >= 0.3 is 25.7 Å². The van der Waals surface area contributed by atoms with Crippen molar-refractivity contribution in [2.45, 2.75) is 42.4 Å². The second-order valence-electron chi connectivity index (χ2n) is 10.9. The van der Waals surface area contributed by atoms with E-state index in [0.717, 1.165) is 63.2 Å². The molecule has 0 aliphatic rings. The summed E-state index contributed by atoms with van der Waals surface area (Å²) in [6, 6.07) is 34.0.